The average molecular weight is 338 g/mol. The van der Waals surface area contributed by atoms with Crippen molar-refractivity contribution in [3.63, 3.8) is 0 Å². The molecule has 1 aromatic carbocycles. The van der Waals surface area contributed by atoms with Gasteiger partial charge in [0.25, 0.3) is 0 Å². The maximum Gasteiger partial charge on any atom is 0.319 e. The summed E-state index contributed by atoms with van der Waals surface area (Å²) in [5, 5.41) is 5.68. The predicted octanol–water partition coefficient (Wildman–Crippen LogP) is 2.81. The normalized spacial score (nSPS) is 18.6. The van der Waals surface area contributed by atoms with Crippen LogP contribution in [0.25, 0.3) is 0 Å². The van der Waals surface area contributed by atoms with Gasteiger partial charge in [-0.3, -0.25) is 0 Å². The Morgan fingerprint density at radius 3 is 2.80 bits per heavy atom. The van der Waals surface area contributed by atoms with Gasteiger partial charge >= 0.3 is 6.03 Å². The van der Waals surface area contributed by atoms with Crippen LogP contribution in [0.3, 0.4) is 0 Å². The van der Waals surface area contributed by atoms with Crippen molar-refractivity contribution in [2.24, 2.45) is 0 Å². The molecule has 0 unspecified atom stereocenters. The summed E-state index contributed by atoms with van der Waals surface area (Å²) in [6, 6.07) is 11.6. The fourth-order valence-corrected chi connectivity index (χ4v) is 3.34. The van der Waals surface area contributed by atoms with E-state index in [-0.39, 0.29) is 12.1 Å². The van der Waals surface area contributed by atoms with Crippen LogP contribution in [0.2, 0.25) is 0 Å². The number of ether oxygens (including phenoxy) is 1. The lowest BCUT2D eigenvalue weighted by Gasteiger charge is -2.16. The van der Waals surface area contributed by atoms with Crippen molar-refractivity contribution in [1.82, 2.24) is 10.3 Å². The van der Waals surface area contributed by atoms with Gasteiger partial charge in [-0.2, -0.15) is 0 Å². The van der Waals surface area contributed by atoms with Gasteiger partial charge in [-0.25, -0.2) is 9.78 Å². The minimum absolute atomic E-state index is 0.0150. The minimum atomic E-state index is -0.240. The number of carbonyl (C=O) groups excluding carboxylic acids is 1. The van der Waals surface area contributed by atoms with E-state index in [0.29, 0.717) is 12.2 Å². The minimum Gasteiger partial charge on any atom is -0.488 e. The molecule has 25 heavy (non-hydrogen) atoms. The third kappa shape index (κ3) is 3.68. The van der Waals surface area contributed by atoms with Crippen LogP contribution in [-0.2, 0) is 6.42 Å². The molecule has 1 atom stereocenters. The fraction of sp³-hybridized carbons (Fsp3) is 0.368. The van der Waals surface area contributed by atoms with Crippen molar-refractivity contribution >= 4 is 17.5 Å². The molecule has 1 fully saturated rings. The summed E-state index contributed by atoms with van der Waals surface area (Å²) in [5.41, 5.74) is 1.88. The van der Waals surface area contributed by atoms with Crippen molar-refractivity contribution in [2.45, 2.75) is 25.4 Å². The fourth-order valence-electron chi connectivity index (χ4n) is 3.34. The van der Waals surface area contributed by atoms with E-state index in [9.17, 15) is 4.79 Å². The molecule has 6 nitrogen and oxygen atoms in total. The number of urea groups is 1. The highest BCUT2D eigenvalue weighted by atomic mass is 16.5. The number of rotatable bonds is 4. The summed E-state index contributed by atoms with van der Waals surface area (Å²) in [6.45, 7) is 2.59. The van der Waals surface area contributed by atoms with E-state index < -0.39 is 0 Å². The highest BCUT2D eigenvalue weighted by molar-refractivity contribution is 5.89. The molecule has 3 heterocycles. The van der Waals surface area contributed by atoms with Gasteiger partial charge in [0.15, 0.2) is 0 Å². The maximum absolute atomic E-state index is 12.1. The summed E-state index contributed by atoms with van der Waals surface area (Å²) in [7, 11) is 0. The number of anilines is 2. The van der Waals surface area contributed by atoms with Crippen LogP contribution in [0.4, 0.5) is 16.3 Å². The summed E-state index contributed by atoms with van der Waals surface area (Å²) >= 11 is 0. The molecule has 6 heteroatoms. The quantitative estimate of drug-likeness (QED) is 0.900. The lowest BCUT2D eigenvalue weighted by Crippen LogP contribution is -2.37. The zero-order valence-corrected chi connectivity index (χ0v) is 14.1. The monoisotopic (exact) mass is 338 g/mol. The van der Waals surface area contributed by atoms with E-state index >= 15 is 0 Å². The molecule has 0 spiro atoms. The van der Waals surface area contributed by atoms with Crippen LogP contribution in [0, 0.1) is 0 Å². The molecule has 2 aliphatic rings. The first-order chi connectivity index (χ1) is 12.3. The van der Waals surface area contributed by atoms with E-state index in [4.69, 9.17) is 4.74 Å². The second-order valence-corrected chi connectivity index (χ2v) is 6.49. The van der Waals surface area contributed by atoms with E-state index in [2.05, 4.69) is 26.6 Å². The zero-order chi connectivity index (χ0) is 17.1. The van der Waals surface area contributed by atoms with Gasteiger partial charge in [-0.1, -0.05) is 18.2 Å². The number of para-hydroxylation sites is 1. The summed E-state index contributed by atoms with van der Waals surface area (Å²) in [6.07, 6.45) is 4.95. The maximum atomic E-state index is 12.1. The average Bonchev–Trinajstić information content (AvgIpc) is 3.30. The highest BCUT2D eigenvalue weighted by Crippen LogP contribution is 2.27. The van der Waals surface area contributed by atoms with Gasteiger partial charge in [0.05, 0.1) is 18.4 Å². The number of hydrogen-bond donors (Lipinski definition) is 2. The van der Waals surface area contributed by atoms with Gasteiger partial charge < -0.3 is 20.3 Å². The van der Waals surface area contributed by atoms with Crippen LogP contribution in [-0.4, -0.2) is 36.8 Å². The van der Waals surface area contributed by atoms with Crippen LogP contribution < -0.4 is 20.3 Å². The molecule has 130 valence electrons. The Morgan fingerprint density at radius 2 is 2.04 bits per heavy atom. The highest BCUT2D eigenvalue weighted by Gasteiger charge is 2.22. The van der Waals surface area contributed by atoms with E-state index in [1.807, 2.05) is 30.3 Å². The molecule has 1 saturated heterocycles. The second-order valence-electron chi connectivity index (χ2n) is 6.49. The van der Waals surface area contributed by atoms with Crippen molar-refractivity contribution < 1.29 is 9.53 Å². The Morgan fingerprint density at radius 1 is 1.20 bits per heavy atom. The Labute approximate surface area is 147 Å². The SMILES string of the molecule is O=C(NC[C@@H]1Cc2ccccc2O1)Nc1ccc(N2CCCC2)nc1. The van der Waals surface area contributed by atoms with Crippen molar-refractivity contribution in [3.05, 3.63) is 48.2 Å². The topological polar surface area (TPSA) is 66.5 Å². The largest absolute Gasteiger partial charge is 0.488 e. The lowest BCUT2D eigenvalue weighted by atomic mass is 10.1. The van der Waals surface area contributed by atoms with E-state index in [0.717, 1.165) is 31.1 Å². The van der Waals surface area contributed by atoms with Gasteiger partial charge in [0, 0.05) is 19.5 Å². The molecule has 2 amide bonds. The molecule has 2 aromatic rings. The van der Waals surface area contributed by atoms with Gasteiger partial charge in [-0.05, 0) is 36.6 Å². The molecule has 0 saturated carbocycles. The van der Waals surface area contributed by atoms with Gasteiger partial charge in [0.2, 0.25) is 0 Å². The molecular formula is C19H22N4O2. The predicted molar refractivity (Wildman–Crippen MR) is 97.3 cm³/mol. The number of hydrogen-bond acceptors (Lipinski definition) is 4. The molecule has 0 radical (unpaired) electrons. The first kappa shape index (κ1) is 15.7. The van der Waals surface area contributed by atoms with E-state index in [1.165, 1.54) is 18.4 Å². The molecule has 0 bridgehead atoms. The zero-order valence-electron chi connectivity index (χ0n) is 14.1. The first-order valence-electron chi connectivity index (χ1n) is 8.78. The smallest absolute Gasteiger partial charge is 0.319 e. The number of nitrogens with zero attached hydrogens (tertiary/aromatic N) is 2. The molecule has 4 rings (SSSR count). The van der Waals surface area contributed by atoms with Gasteiger partial charge in [0.1, 0.15) is 17.7 Å². The lowest BCUT2D eigenvalue weighted by molar-refractivity contribution is 0.219. The summed E-state index contributed by atoms with van der Waals surface area (Å²) < 4.78 is 5.82. The Balaban J connectivity index is 1.25. The van der Waals surface area contributed by atoms with Crippen molar-refractivity contribution in [3.8, 4) is 5.75 Å². The number of aromatic nitrogens is 1. The van der Waals surface area contributed by atoms with Crippen LogP contribution in [0.1, 0.15) is 18.4 Å². The molecule has 2 N–H and O–H groups in total. The van der Waals surface area contributed by atoms with Crippen LogP contribution >= 0.6 is 0 Å². The Hall–Kier alpha value is -2.76. The summed E-state index contributed by atoms with van der Waals surface area (Å²) in [5.74, 6) is 1.89. The Bertz CT molecular complexity index is 716. The molecule has 2 aliphatic heterocycles. The number of benzene rings is 1. The molecule has 0 aliphatic carbocycles. The number of amides is 2. The van der Waals surface area contributed by atoms with Crippen LogP contribution in [0.15, 0.2) is 42.6 Å². The number of fused-ring (bicyclic) bond motifs is 1. The second kappa shape index (κ2) is 7.01. The third-order valence-electron chi connectivity index (χ3n) is 4.64. The van der Waals surface area contributed by atoms with Crippen molar-refractivity contribution in [2.75, 3.05) is 29.9 Å². The molecule has 1 aromatic heterocycles. The number of carbonyl (C=O) groups is 1. The third-order valence-corrected chi connectivity index (χ3v) is 4.64. The number of pyridine rings is 1. The first-order valence-corrected chi connectivity index (χ1v) is 8.78. The summed E-state index contributed by atoms with van der Waals surface area (Å²) in [4.78, 5) is 18.8. The molecular weight excluding hydrogens is 316 g/mol. The standard InChI is InChI=1S/C19H22N4O2/c24-19(21-13-16-11-14-5-1-2-6-17(14)25-16)22-15-7-8-18(20-12-15)23-9-3-4-10-23/h1-2,5-8,12,16H,3-4,9-11,13H2,(H2,21,22,24)/t16-/m0/s1. The van der Waals surface area contributed by atoms with Crippen molar-refractivity contribution in [1.29, 1.82) is 0 Å². The van der Waals surface area contributed by atoms with Gasteiger partial charge in [-0.15, -0.1) is 0 Å². The van der Waals surface area contributed by atoms with Crippen LogP contribution in [0.5, 0.6) is 5.75 Å². The van der Waals surface area contributed by atoms with E-state index in [1.54, 1.807) is 6.20 Å². The Kier molecular flexibility index (Phi) is 4.41. The number of nitrogens with one attached hydrogen (secondary N) is 2.